The summed E-state index contributed by atoms with van der Waals surface area (Å²) < 4.78 is 40.4. The molecular weight excluding hydrogens is 467 g/mol. The van der Waals surface area contributed by atoms with E-state index in [-0.39, 0.29) is 16.5 Å². The van der Waals surface area contributed by atoms with Gasteiger partial charge in [0, 0.05) is 22.5 Å². The molecule has 5 aromatic rings. The maximum atomic E-state index is 13.1. The van der Waals surface area contributed by atoms with E-state index in [9.17, 15) is 17.6 Å². The maximum absolute atomic E-state index is 13.1. The molecule has 0 aliphatic rings. The van der Waals surface area contributed by atoms with Gasteiger partial charge in [-0.25, -0.2) is 17.8 Å². The number of fused-ring (bicyclic) bond motifs is 1. The average Bonchev–Trinajstić information content (AvgIpc) is 3.29. The highest BCUT2D eigenvalue weighted by atomic mass is 32.2. The second kappa shape index (κ2) is 9.03. The van der Waals surface area contributed by atoms with Crippen molar-refractivity contribution in [1.29, 1.82) is 0 Å². The van der Waals surface area contributed by atoms with Gasteiger partial charge in [-0.05, 0) is 72.8 Å². The SMILES string of the molecule is O=C(Nc1cccc(-c2nc3ccccc3[nH]2)c1)c1ccc(NS(=O)(=O)c2ccc(F)cc2)cc1. The van der Waals surface area contributed by atoms with Gasteiger partial charge in [0.1, 0.15) is 11.6 Å². The predicted molar refractivity (Wildman–Crippen MR) is 133 cm³/mol. The number of para-hydroxylation sites is 2. The molecule has 0 aliphatic heterocycles. The second-order valence-corrected chi connectivity index (χ2v) is 9.46. The zero-order chi connectivity index (χ0) is 24.4. The molecule has 0 fully saturated rings. The normalized spacial score (nSPS) is 11.3. The summed E-state index contributed by atoms with van der Waals surface area (Å²) in [6, 6.07) is 25.5. The van der Waals surface area contributed by atoms with Crippen molar-refractivity contribution >= 4 is 38.3 Å². The monoisotopic (exact) mass is 486 g/mol. The largest absolute Gasteiger partial charge is 0.338 e. The number of hydrogen-bond donors (Lipinski definition) is 3. The first-order valence-corrected chi connectivity index (χ1v) is 12.1. The topological polar surface area (TPSA) is 104 Å². The number of anilines is 2. The van der Waals surface area contributed by atoms with E-state index in [1.54, 1.807) is 6.07 Å². The number of sulfonamides is 1. The summed E-state index contributed by atoms with van der Waals surface area (Å²) in [5, 5.41) is 2.85. The zero-order valence-electron chi connectivity index (χ0n) is 18.2. The van der Waals surface area contributed by atoms with Gasteiger partial charge in [-0.1, -0.05) is 24.3 Å². The van der Waals surface area contributed by atoms with Gasteiger partial charge in [-0.15, -0.1) is 0 Å². The van der Waals surface area contributed by atoms with Gasteiger partial charge in [0.05, 0.1) is 15.9 Å². The Morgan fingerprint density at radius 2 is 1.57 bits per heavy atom. The lowest BCUT2D eigenvalue weighted by atomic mass is 10.1. The summed E-state index contributed by atoms with van der Waals surface area (Å²) in [6.07, 6.45) is 0. The molecule has 1 amide bonds. The molecule has 9 heteroatoms. The molecule has 0 aliphatic carbocycles. The second-order valence-electron chi connectivity index (χ2n) is 7.77. The van der Waals surface area contributed by atoms with Crippen LogP contribution in [-0.4, -0.2) is 24.3 Å². The van der Waals surface area contributed by atoms with Gasteiger partial charge < -0.3 is 10.3 Å². The number of amides is 1. The molecule has 0 saturated carbocycles. The third kappa shape index (κ3) is 4.90. The number of hydrogen-bond acceptors (Lipinski definition) is 4. The van der Waals surface area contributed by atoms with Crippen molar-refractivity contribution in [3.05, 3.63) is 108 Å². The van der Waals surface area contributed by atoms with E-state index in [4.69, 9.17) is 0 Å². The molecule has 0 spiro atoms. The van der Waals surface area contributed by atoms with Crippen LogP contribution in [0.1, 0.15) is 10.4 Å². The molecule has 0 radical (unpaired) electrons. The number of nitrogens with zero attached hydrogens (tertiary/aromatic N) is 1. The number of aromatic amines is 1. The Balaban J connectivity index is 1.29. The number of halogens is 1. The Kier molecular flexibility index (Phi) is 5.76. The molecule has 1 aromatic heterocycles. The summed E-state index contributed by atoms with van der Waals surface area (Å²) >= 11 is 0. The molecule has 0 saturated heterocycles. The summed E-state index contributed by atoms with van der Waals surface area (Å²) in [5.74, 6) is -0.178. The van der Waals surface area contributed by atoms with Gasteiger partial charge in [0.2, 0.25) is 0 Å². The minimum absolute atomic E-state index is 0.0648. The van der Waals surface area contributed by atoms with Crippen molar-refractivity contribution in [2.24, 2.45) is 0 Å². The lowest BCUT2D eigenvalue weighted by molar-refractivity contribution is 0.102. The van der Waals surface area contributed by atoms with Crippen LogP contribution in [0.5, 0.6) is 0 Å². The van der Waals surface area contributed by atoms with Gasteiger partial charge in [0.15, 0.2) is 0 Å². The van der Waals surface area contributed by atoms with E-state index in [1.165, 1.54) is 36.4 Å². The number of H-pyrrole nitrogens is 1. The highest BCUT2D eigenvalue weighted by Crippen LogP contribution is 2.24. The number of carbonyl (C=O) groups excluding carboxylic acids is 1. The minimum Gasteiger partial charge on any atom is -0.338 e. The van der Waals surface area contributed by atoms with Gasteiger partial charge in [0.25, 0.3) is 15.9 Å². The van der Waals surface area contributed by atoms with Crippen molar-refractivity contribution < 1.29 is 17.6 Å². The minimum atomic E-state index is -3.88. The van der Waals surface area contributed by atoms with E-state index >= 15 is 0 Å². The van der Waals surface area contributed by atoms with Crippen molar-refractivity contribution in [1.82, 2.24) is 9.97 Å². The van der Waals surface area contributed by atoms with E-state index in [2.05, 4.69) is 20.0 Å². The number of carbonyl (C=O) groups is 1. The molecule has 0 atom stereocenters. The Morgan fingerprint density at radius 3 is 2.31 bits per heavy atom. The zero-order valence-corrected chi connectivity index (χ0v) is 19.0. The molecule has 5 rings (SSSR count). The van der Waals surface area contributed by atoms with E-state index < -0.39 is 15.8 Å². The molecule has 4 aromatic carbocycles. The van der Waals surface area contributed by atoms with E-state index in [1.807, 2.05) is 42.5 Å². The maximum Gasteiger partial charge on any atom is 0.261 e. The van der Waals surface area contributed by atoms with Crippen LogP contribution in [0.25, 0.3) is 22.4 Å². The van der Waals surface area contributed by atoms with Crippen molar-refractivity contribution in [2.45, 2.75) is 4.90 Å². The van der Waals surface area contributed by atoms with Gasteiger partial charge >= 0.3 is 0 Å². The third-order valence-electron chi connectivity index (χ3n) is 5.31. The first-order chi connectivity index (χ1) is 16.9. The molecule has 3 N–H and O–H groups in total. The molecule has 0 unspecified atom stereocenters. The smallest absolute Gasteiger partial charge is 0.261 e. The van der Waals surface area contributed by atoms with Gasteiger partial charge in [-0.2, -0.15) is 0 Å². The van der Waals surface area contributed by atoms with Crippen LogP contribution in [-0.2, 0) is 10.0 Å². The average molecular weight is 487 g/mol. The number of imidazole rings is 1. The fraction of sp³-hybridized carbons (Fsp3) is 0. The van der Waals surface area contributed by atoms with Crippen LogP contribution < -0.4 is 10.0 Å². The Bertz CT molecular complexity index is 1600. The summed E-state index contributed by atoms with van der Waals surface area (Å²) in [4.78, 5) is 20.5. The van der Waals surface area contributed by atoms with Crippen LogP contribution in [0.4, 0.5) is 15.8 Å². The van der Waals surface area contributed by atoms with E-state index in [0.29, 0.717) is 17.1 Å². The molecule has 35 heavy (non-hydrogen) atoms. The van der Waals surface area contributed by atoms with Crippen LogP contribution in [0, 0.1) is 5.82 Å². The molecule has 0 bridgehead atoms. The summed E-state index contributed by atoms with van der Waals surface area (Å²) in [5.41, 5.74) is 3.82. The summed E-state index contributed by atoms with van der Waals surface area (Å²) in [7, 11) is -3.88. The third-order valence-corrected chi connectivity index (χ3v) is 6.70. The highest BCUT2D eigenvalue weighted by Gasteiger charge is 2.15. The number of nitrogens with one attached hydrogen (secondary N) is 3. The highest BCUT2D eigenvalue weighted by molar-refractivity contribution is 7.92. The van der Waals surface area contributed by atoms with Crippen LogP contribution in [0.2, 0.25) is 0 Å². The van der Waals surface area contributed by atoms with Crippen molar-refractivity contribution in [3.8, 4) is 11.4 Å². The molecular formula is C26H19FN4O3S. The summed E-state index contributed by atoms with van der Waals surface area (Å²) in [6.45, 7) is 0. The fourth-order valence-electron chi connectivity index (χ4n) is 3.55. The first kappa shape index (κ1) is 22.3. The molecule has 1 heterocycles. The predicted octanol–water partition coefficient (Wildman–Crippen LogP) is 5.42. The van der Waals surface area contributed by atoms with Gasteiger partial charge in [-0.3, -0.25) is 9.52 Å². The quantitative estimate of drug-likeness (QED) is 0.298. The first-order valence-electron chi connectivity index (χ1n) is 10.6. The Labute approximate surface area is 200 Å². The van der Waals surface area contributed by atoms with Crippen LogP contribution in [0.15, 0.2) is 102 Å². The van der Waals surface area contributed by atoms with Crippen molar-refractivity contribution in [2.75, 3.05) is 10.0 Å². The molecule has 174 valence electrons. The standard InChI is InChI=1S/C26H19FN4O3S/c27-19-10-14-22(15-11-19)35(33,34)31-20-12-8-17(9-13-20)26(32)28-21-5-3-4-18(16-21)25-29-23-6-1-2-7-24(23)30-25/h1-16,31H,(H,28,32)(H,29,30). The number of benzene rings is 4. The molecule has 7 nitrogen and oxygen atoms in total. The lowest BCUT2D eigenvalue weighted by Gasteiger charge is -2.10. The fourth-order valence-corrected chi connectivity index (χ4v) is 4.61. The van der Waals surface area contributed by atoms with Crippen LogP contribution >= 0.6 is 0 Å². The van der Waals surface area contributed by atoms with Crippen LogP contribution in [0.3, 0.4) is 0 Å². The number of rotatable bonds is 6. The van der Waals surface area contributed by atoms with Crippen molar-refractivity contribution in [3.63, 3.8) is 0 Å². The number of aromatic nitrogens is 2. The Morgan fingerprint density at radius 1 is 0.829 bits per heavy atom. The van der Waals surface area contributed by atoms with E-state index in [0.717, 1.165) is 28.7 Å². The Hall–Kier alpha value is -4.50. The lowest BCUT2D eigenvalue weighted by Crippen LogP contribution is -2.14.